The quantitative estimate of drug-likeness (QED) is 0.887. The van der Waals surface area contributed by atoms with Gasteiger partial charge in [-0.2, -0.15) is 8.42 Å². The number of benzene rings is 2. The van der Waals surface area contributed by atoms with Gasteiger partial charge in [0.15, 0.2) is 0 Å². The molecule has 0 spiro atoms. The van der Waals surface area contributed by atoms with Crippen molar-refractivity contribution >= 4 is 21.7 Å². The van der Waals surface area contributed by atoms with Gasteiger partial charge < -0.3 is 11.1 Å². The molecule has 1 aliphatic rings. The first-order valence-corrected chi connectivity index (χ1v) is 8.81. The number of rotatable bonds is 2. The molecule has 0 saturated carbocycles. The molecule has 5 nitrogen and oxygen atoms in total. The van der Waals surface area contributed by atoms with Crippen LogP contribution >= 0.6 is 0 Å². The van der Waals surface area contributed by atoms with E-state index in [1.807, 2.05) is 19.9 Å². The summed E-state index contributed by atoms with van der Waals surface area (Å²) in [5, 5.41) is 2.94. The first kappa shape index (κ1) is 15.6. The van der Waals surface area contributed by atoms with E-state index in [0.29, 0.717) is 5.69 Å². The zero-order valence-corrected chi connectivity index (χ0v) is 14.1. The number of hydrogen-bond acceptors (Lipinski definition) is 4. The molecule has 1 aliphatic heterocycles. The minimum atomic E-state index is -3.75. The van der Waals surface area contributed by atoms with Crippen LogP contribution in [-0.2, 0) is 10.0 Å². The number of nitrogens with zero attached hydrogens (tertiary/aromatic N) is 1. The Balaban J connectivity index is 2.20. The summed E-state index contributed by atoms with van der Waals surface area (Å²) >= 11 is 0. The van der Waals surface area contributed by atoms with E-state index < -0.39 is 10.0 Å². The molecule has 2 aromatic rings. The predicted octanol–water partition coefficient (Wildman–Crippen LogP) is 2.88. The van der Waals surface area contributed by atoms with Gasteiger partial charge >= 0.3 is 0 Å². The summed E-state index contributed by atoms with van der Waals surface area (Å²) in [5.74, 6) is -0.0698. The van der Waals surface area contributed by atoms with Crippen LogP contribution < -0.4 is 11.1 Å². The van der Waals surface area contributed by atoms with Gasteiger partial charge in [0.25, 0.3) is 10.0 Å². The molecule has 3 N–H and O–H groups in total. The van der Waals surface area contributed by atoms with Gasteiger partial charge in [-0.25, -0.2) is 0 Å². The first-order valence-electron chi connectivity index (χ1n) is 7.37. The zero-order chi connectivity index (χ0) is 16.8. The SMILES string of the molecule is Cc1ccc(C(C)c2c(C)ccc3c2NC(N)=NS3(=O)=O)cc1. The van der Waals surface area contributed by atoms with Gasteiger partial charge in [0, 0.05) is 5.92 Å². The monoisotopic (exact) mass is 329 g/mol. The minimum Gasteiger partial charge on any atom is -0.369 e. The molecule has 0 aliphatic carbocycles. The highest BCUT2D eigenvalue weighted by Crippen LogP contribution is 2.38. The van der Waals surface area contributed by atoms with Gasteiger partial charge in [-0.15, -0.1) is 4.40 Å². The van der Waals surface area contributed by atoms with Crippen molar-refractivity contribution in [2.24, 2.45) is 10.1 Å². The maximum Gasteiger partial charge on any atom is 0.287 e. The molecule has 0 amide bonds. The van der Waals surface area contributed by atoms with Crippen LogP contribution in [0.5, 0.6) is 0 Å². The molecule has 0 saturated heterocycles. The highest BCUT2D eigenvalue weighted by Gasteiger charge is 2.28. The second kappa shape index (κ2) is 5.38. The van der Waals surface area contributed by atoms with E-state index in [9.17, 15) is 8.42 Å². The van der Waals surface area contributed by atoms with Crippen LogP contribution in [0.25, 0.3) is 0 Å². The fraction of sp³-hybridized carbons (Fsp3) is 0.235. The maximum atomic E-state index is 12.2. The van der Waals surface area contributed by atoms with Crippen LogP contribution in [0, 0.1) is 13.8 Å². The van der Waals surface area contributed by atoms with Gasteiger partial charge in [0.2, 0.25) is 5.96 Å². The number of nitrogens with one attached hydrogen (secondary N) is 1. The van der Waals surface area contributed by atoms with Gasteiger partial charge in [-0.3, -0.25) is 0 Å². The molecule has 1 atom stereocenters. The molecule has 120 valence electrons. The van der Waals surface area contributed by atoms with E-state index >= 15 is 0 Å². The summed E-state index contributed by atoms with van der Waals surface area (Å²) in [6.07, 6.45) is 0. The third-order valence-corrected chi connectivity index (χ3v) is 5.52. The molecule has 3 rings (SSSR count). The van der Waals surface area contributed by atoms with Crippen molar-refractivity contribution in [1.29, 1.82) is 0 Å². The first-order chi connectivity index (χ1) is 10.8. The summed E-state index contributed by atoms with van der Waals surface area (Å²) in [4.78, 5) is 0.172. The number of aryl methyl sites for hydroxylation is 2. The maximum absolute atomic E-state index is 12.2. The molecule has 6 heteroatoms. The molecule has 1 unspecified atom stereocenters. The average Bonchev–Trinajstić information content (AvgIpc) is 2.46. The van der Waals surface area contributed by atoms with E-state index in [-0.39, 0.29) is 16.8 Å². The van der Waals surface area contributed by atoms with Crippen LogP contribution in [-0.4, -0.2) is 14.4 Å². The molecule has 1 heterocycles. The lowest BCUT2D eigenvalue weighted by molar-refractivity contribution is 0.597. The fourth-order valence-corrected chi connectivity index (χ4v) is 4.02. The van der Waals surface area contributed by atoms with Crippen molar-refractivity contribution < 1.29 is 8.42 Å². The molecule has 0 fully saturated rings. The Hall–Kier alpha value is -2.34. The zero-order valence-electron chi connectivity index (χ0n) is 13.3. The van der Waals surface area contributed by atoms with E-state index in [1.54, 1.807) is 6.07 Å². The molecule has 23 heavy (non-hydrogen) atoms. The summed E-state index contributed by atoms with van der Waals surface area (Å²) in [6, 6.07) is 11.6. The van der Waals surface area contributed by atoms with Gasteiger partial charge in [-0.05, 0) is 36.6 Å². The fourth-order valence-electron chi connectivity index (χ4n) is 2.96. The average molecular weight is 329 g/mol. The van der Waals surface area contributed by atoms with Crippen LogP contribution in [0.1, 0.15) is 35.1 Å². The summed E-state index contributed by atoms with van der Waals surface area (Å²) in [7, 11) is -3.75. The largest absolute Gasteiger partial charge is 0.369 e. The summed E-state index contributed by atoms with van der Waals surface area (Å²) < 4.78 is 28.0. The Morgan fingerprint density at radius 1 is 1.09 bits per heavy atom. The van der Waals surface area contributed by atoms with Gasteiger partial charge in [-0.1, -0.05) is 42.8 Å². The summed E-state index contributed by atoms with van der Waals surface area (Å²) in [5.41, 5.74) is 10.4. The lowest BCUT2D eigenvalue weighted by Gasteiger charge is -2.24. The van der Waals surface area contributed by atoms with E-state index in [1.165, 1.54) is 5.56 Å². The predicted molar refractivity (Wildman–Crippen MR) is 92.3 cm³/mol. The van der Waals surface area contributed by atoms with Crippen molar-refractivity contribution in [3.63, 3.8) is 0 Å². The molecule has 0 aromatic heterocycles. The number of hydrogen-bond donors (Lipinski definition) is 2. The highest BCUT2D eigenvalue weighted by atomic mass is 32.2. The molecule has 0 bridgehead atoms. The normalized spacial score (nSPS) is 16.9. The highest BCUT2D eigenvalue weighted by molar-refractivity contribution is 7.90. The molecule has 0 radical (unpaired) electrons. The van der Waals surface area contributed by atoms with Gasteiger partial charge in [0.05, 0.1) is 5.69 Å². The third-order valence-electron chi connectivity index (χ3n) is 4.19. The third kappa shape index (κ3) is 2.70. The van der Waals surface area contributed by atoms with Gasteiger partial charge in [0.1, 0.15) is 4.90 Å². The lowest BCUT2D eigenvalue weighted by Crippen LogP contribution is -2.30. The molecular weight excluding hydrogens is 310 g/mol. The van der Waals surface area contributed by atoms with Crippen molar-refractivity contribution in [1.82, 2.24) is 0 Å². The standard InChI is InChI=1S/C17H19N3O2S/c1-10-4-7-13(8-5-10)12(3)15-11(2)6-9-14-16(15)19-17(18)20-23(14,21)22/h4-9,12H,1-3H3,(H3,18,19,20). The summed E-state index contributed by atoms with van der Waals surface area (Å²) in [6.45, 7) is 6.06. The van der Waals surface area contributed by atoms with E-state index in [2.05, 4.69) is 40.9 Å². The minimum absolute atomic E-state index is 0.0270. The van der Waals surface area contributed by atoms with E-state index in [0.717, 1.165) is 16.7 Å². The Labute approximate surface area is 136 Å². The van der Waals surface area contributed by atoms with Crippen molar-refractivity contribution in [2.45, 2.75) is 31.6 Å². The smallest absolute Gasteiger partial charge is 0.287 e. The molecule has 2 aromatic carbocycles. The number of sulfonamides is 1. The van der Waals surface area contributed by atoms with Crippen LogP contribution in [0.2, 0.25) is 0 Å². The number of guanidine groups is 1. The number of fused-ring (bicyclic) bond motifs is 1. The van der Waals surface area contributed by atoms with Crippen LogP contribution in [0.4, 0.5) is 5.69 Å². The van der Waals surface area contributed by atoms with E-state index in [4.69, 9.17) is 5.73 Å². The Morgan fingerprint density at radius 2 is 1.74 bits per heavy atom. The van der Waals surface area contributed by atoms with Crippen LogP contribution in [0.3, 0.4) is 0 Å². The van der Waals surface area contributed by atoms with Crippen molar-refractivity contribution in [2.75, 3.05) is 5.32 Å². The Morgan fingerprint density at radius 3 is 2.39 bits per heavy atom. The Kier molecular flexibility index (Phi) is 3.64. The topological polar surface area (TPSA) is 84.5 Å². The number of anilines is 1. The molecular formula is C17H19N3O2S. The Bertz CT molecular complexity index is 900. The number of nitrogens with two attached hydrogens (primary N) is 1. The van der Waals surface area contributed by atoms with Crippen molar-refractivity contribution in [3.05, 3.63) is 58.7 Å². The second-order valence-electron chi connectivity index (χ2n) is 5.88. The van der Waals surface area contributed by atoms with Crippen LogP contribution in [0.15, 0.2) is 45.7 Å². The van der Waals surface area contributed by atoms with Crippen molar-refractivity contribution in [3.8, 4) is 0 Å². The second-order valence-corrected chi connectivity index (χ2v) is 7.45. The lowest BCUT2D eigenvalue weighted by atomic mass is 9.88.